The number of carbonyl (C=O) groups is 1. The number of ether oxygens (including phenoxy) is 2. The molecule has 2 saturated heterocycles. The Morgan fingerprint density at radius 1 is 1.28 bits per heavy atom. The molecule has 6 nitrogen and oxygen atoms in total. The van der Waals surface area contributed by atoms with Crippen LogP contribution in [0.3, 0.4) is 0 Å². The van der Waals surface area contributed by atoms with Crippen molar-refractivity contribution >= 4 is 5.91 Å². The van der Waals surface area contributed by atoms with E-state index in [1.807, 2.05) is 29.2 Å². The van der Waals surface area contributed by atoms with E-state index >= 15 is 0 Å². The highest BCUT2D eigenvalue weighted by atomic mass is 16.5. The van der Waals surface area contributed by atoms with Gasteiger partial charge in [-0.1, -0.05) is 12.1 Å². The Morgan fingerprint density at radius 3 is 3.04 bits per heavy atom. The lowest BCUT2D eigenvalue weighted by Crippen LogP contribution is -2.44. The van der Waals surface area contributed by atoms with Gasteiger partial charge in [0.1, 0.15) is 17.9 Å². The number of rotatable bonds is 4. The smallest absolute Gasteiger partial charge is 0.272 e. The monoisotopic (exact) mass is 339 g/mol. The fourth-order valence-corrected chi connectivity index (χ4v) is 3.61. The van der Waals surface area contributed by atoms with E-state index in [2.05, 4.69) is 9.97 Å². The topological polar surface area (TPSA) is 64.6 Å². The number of aromatic nitrogens is 2. The molecule has 4 heterocycles. The molecule has 25 heavy (non-hydrogen) atoms. The van der Waals surface area contributed by atoms with Gasteiger partial charge in [0.25, 0.3) is 5.91 Å². The van der Waals surface area contributed by atoms with E-state index in [1.165, 1.54) is 0 Å². The van der Waals surface area contributed by atoms with Crippen LogP contribution in [0, 0.1) is 0 Å². The number of pyridine rings is 2. The molecule has 2 aliphatic heterocycles. The van der Waals surface area contributed by atoms with Crippen molar-refractivity contribution in [1.29, 1.82) is 0 Å². The molecule has 0 aromatic carbocycles. The van der Waals surface area contributed by atoms with Crippen molar-refractivity contribution < 1.29 is 14.3 Å². The summed E-state index contributed by atoms with van der Waals surface area (Å²) in [4.78, 5) is 23.0. The van der Waals surface area contributed by atoms with Gasteiger partial charge in [-0.15, -0.1) is 0 Å². The Hall–Kier alpha value is -2.31. The van der Waals surface area contributed by atoms with Gasteiger partial charge in [-0.3, -0.25) is 14.8 Å². The second-order valence-corrected chi connectivity index (χ2v) is 6.43. The van der Waals surface area contributed by atoms with Crippen molar-refractivity contribution in [2.75, 3.05) is 13.2 Å². The number of nitrogens with zero attached hydrogens (tertiary/aromatic N) is 3. The zero-order valence-corrected chi connectivity index (χ0v) is 14.0. The van der Waals surface area contributed by atoms with E-state index in [9.17, 15) is 4.79 Å². The molecule has 0 saturated carbocycles. The molecule has 0 radical (unpaired) electrons. The molecule has 3 atom stereocenters. The number of carbonyl (C=O) groups excluding carboxylic acids is 1. The maximum Gasteiger partial charge on any atom is 0.272 e. The lowest BCUT2D eigenvalue weighted by atomic mass is 10.0. The number of likely N-dealkylation sites (tertiary alicyclic amines) is 1. The van der Waals surface area contributed by atoms with Crippen LogP contribution in [0.15, 0.2) is 48.9 Å². The van der Waals surface area contributed by atoms with Gasteiger partial charge in [-0.2, -0.15) is 0 Å². The molecule has 0 bridgehead atoms. The summed E-state index contributed by atoms with van der Waals surface area (Å²) in [6.45, 7) is 1.72. The number of amides is 1. The van der Waals surface area contributed by atoms with Gasteiger partial charge in [-0.05, 0) is 36.6 Å². The Kier molecular flexibility index (Phi) is 4.72. The van der Waals surface area contributed by atoms with E-state index in [0.717, 1.165) is 25.0 Å². The zero-order valence-electron chi connectivity index (χ0n) is 14.0. The summed E-state index contributed by atoms with van der Waals surface area (Å²) in [6, 6.07) is 9.34. The van der Waals surface area contributed by atoms with Crippen LogP contribution in [0.2, 0.25) is 0 Å². The number of hydrogen-bond acceptors (Lipinski definition) is 5. The van der Waals surface area contributed by atoms with Gasteiger partial charge in [-0.25, -0.2) is 0 Å². The Balaban J connectivity index is 1.48. The summed E-state index contributed by atoms with van der Waals surface area (Å²) < 4.78 is 12.1. The van der Waals surface area contributed by atoms with Crippen LogP contribution in [0.5, 0.6) is 0 Å². The zero-order chi connectivity index (χ0) is 17.1. The van der Waals surface area contributed by atoms with Gasteiger partial charge in [0.2, 0.25) is 0 Å². The summed E-state index contributed by atoms with van der Waals surface area (Å²) in [5.41, 5.74) is 1.49. The molecule has 6 heteroatoms. The van der Waals surface area contributed by atoms with Gasteiger partial charge >= 0.3 is 0 Å². The van der Waals surface area contributed by atoms with Crippen LogP contribution in [0.25, 0.3) is 0 Å². The second kappa shape index (κ2) is 7.29. The van der Waals surface area contributed by atoms with E-state index in [0.29, 0.717) is 18.8 Å². The van der Waals surface area contributed by atoms with Crippen molar-refractivity contribution in [3.63, 3.8) is 0 Å². The third-order valence-electron chi connectivity index (χ3n) is 4.81. The SMILES string of the molecule is O=C(c1ccccn1)N1C[C@@H](OCc2cccnc2)[C@@H]2OCCC[C@@H]21. The minimum atomic E-state index is -0.127. The quantitative estimate of drug-likeness (QED) is 0.853. The van der Waals surface area contributed by atoms with Crippen LogP contribution in [-0.2, 0) is 16.1 Å². The molecule has 0 spiro atoms. The van der Waals surface area contributed by atoms with Gasteiger partial charge < -0.3 is 14.4 Å². The molecule has 2 aromatic rings. The van der Waals surface area contributed by atoms with Crippen molar-refractivity contribution in [1.82, 2.24) is 14.9 Å². The molecular weight excluding hydrogens is 318 g/mol. The normalized spacial score (nSPS) is 25.6. The fourth-order valence-electron chi connectivity index (χ4n) is 3.61. The van der Waals surface area contributed by atoms with Crippen molar-refractivity contribution in [2.45, 2.75) is 37.7 Å². The predicted octanol–water partition coefficient (Wildman–Crippen LogP) is 2.07. The average Bonchev–Trinajstić information content (AvgIpc) is 3.06. The summed E-state index contributed by atoms with van der Waals surface area (Å²) in [5.74, 6) is -0.0476. The Labute approximate surface area is 146 Å². The molecule has 4 rings (SSSR count). The van der Waals surface area contributed by atoms with E-state index < -0.39 is 0 Å². The third kappa shape index (κ3) is 3.41. The number of hydrogen-bond donors (Lipinski definition) is 0. The van der Waals surface area contributed by atoms with Crippen LogP contribution in [0.1, 0.15) is 28.9 Å². The molecule has 0 unspecified atom stereocenters. The molecule has 2 aliphatic rings. The maximum atomic E-state index is 12.9. The lowest BCUT2D eigenvalue weighted by Gasteiger charge is -2.32. The highest BCUT2D eigenvalue weighted by Crippen LogP contribution is 2.32. The molecular formula is C19H21N3O3. The molecule has 1 amide bonds. The highest BCUT2D eigenvalue weighted by molar-refractivity contribution is 5.92. The fraction of sp³-hybridized carbons (Fsp3) is 0.421. The van der Waals surface area contributed by atoms with E-state index in [-0.39, 0.29) is 24.2 Å². The van der Waals surface area contributed by atoms with Crippen molar-refractivity contribution in [3.05, 3.63) is 60.2 Å². The van der Waals surface area contributed by atoms with Gasteiger partial charge in [0.15, 0.2) is 0 Å². The largest absolute Gasteiger partial charge is 0.373 e. The minimum absolute atomic E-state index is 0.0476. The summed E-state index contributed by atoms with van der Waals surface area (Å²) in [6.07, 6.45) is 6.89. The average molecular weight is 339 g/mol. The number of fused-ring (bicyclic) bond motifs is 1. The predicted molar refractivity (Wildman–Crippen MR) is 90.8 cm³/mol. The van der Waals surface area contributed by atoms with Crippen LogP contribution < -0.4 is 0 Å². The lowest BCUT2D eigenvalue weighted by molar-refractivity contribution is -0.0810. The van der Waals surface area contributed by atoms with Crippen molar-refractivity contribution in [3.8, 4) is 0 Å². The maximum absolute atomic E-state index is 12.9. The van der Waals surface area contributed by atoms with Crippen LogP contribution >= 0.6 is 0 Å². The highest BCUT2D eigenvalue weighted by Gasteiger charge is 2.47. The molecule has 0 N–H and O–H groups in total. The van der Waals surface area contributed by atoms with Crippen LogP contribution in [0.4, 0.5) is 0 Å². The first-order valence-electron chi connectivity index (χ1n) is 8.67. The molecule has 2 fully saturated rings. The molecule has 2 aromatic heterocycles. The van der Waals surface area contributed by atoms with Crippen molar-refractivity contribution in [2.24, 2.45) is 0 Å². The first-order valence-corrected chi connectivity index (χ1v) is 8.67. The first-order chi connectivity index (χ1) is 12.3. The molecule has 0 aliphatic carbocycles. The minimum Gasteiger partial charge on any atom is -0.373 e. The standard InChI is InChI=1S/C19H21N3O3/c23-19(15-6-1-2-9-21-15)22-12-17(18-16(22)7-4-10-24-18)25-13-14-5-3-8-20-11-14/h1-3,5-6,8-9,11,16-18H,4,7,10,12-13H2/t16-,17+,18+/m0/s1. The Bertz CT molecular complexity index is 710. The molecule has 130 valence electrons. The summed E-state index contributed by atoms with van der Waals surface area (Å²) in [5, 5.41) is 0. The first kappa shape index (κ1) is 16.2. The summed E-state index contributed by atoms with van der Waals surface area (Å²) in [7, 11) is 0. The van der Waals surface area contributed by atoms with Crippen LogP contribution in [-0.4, -0.2) is 52.2 Å². The third-order valence-corrected chi connectivity index (χ3v) is 4.81. The van der Waals surface area contributed by atoms with E-state index in [1.54, 1.807) is 24.7 Å². The second-order valence-electron chi connectivity index (χ2n) is 6.43. The van der Waals surface area contributed by atoms with Gasteiger partial charge in [0.05, 0.1) is 19.2 Å². The van der Waals surface area contributed by atoms with E-state index in [4.69, 9.17) is 9.47 Å². The van der Waals surface area contributed by atoms with Gasteiger partial charge in [0, 0.05) is 25.2 Å². The Morgan fingerprint density at radius 2 is 2.24 bits per heavy atom. The summed E-state index contributed by atoms with van der Waals surface area (Å²) >= 11 is 0.